The van der Waals surface area contributed by atoms with Crippen molar-refractivity contribution in [1.82, 2.24) is 20.9 Å². The molecule has 0 unspecified atom stereocenters. The summed E-state index contributed by atoms with van der Waals surface area (Å²) in [6, 6.07) is -2.91. The molecule has 0 aromatic rings. The molecule has 0 radical (unpaired) electrons. The number of carbonyl (C=O) groups excluding carboxylic acids is 3. The molecule has 1 heterocycles. The number of guanidine groups is 1. The van der Waals surface area contributed by atoms with Crippen molar-refractivity contribution < 1.29 is 28.7 Å². The molecule has 1 rings (SSSR count). The number of nitrogens with one attached hydrogen (secondary N) is 4. The van der Waals surface area contributed by atoms with Crippen molar-refractivity contribution in [2.24, 2.45) is 11.7 Å². The van der Waals surface area contributed by atoms with Crippen LogP contribution < -0.4 is 21.7 Å². The fourth-order valence-corrected chi connectivity index (χ4v) is 3.50. The molecule has 0 saturated carbocycles. The van der Waals surface area contributed by atoms with Crippen LogP contribution in [0.5, 0.6) is 0 Å². The SMILES string of the molecule is CC[C@@H](C)[C@H](NC(=O)O)C(=O)N1CCC[C@H]1C(=O)N[C@@H](CCCNC(=N)N)C(=O)CF. The summed E-state index contributed by atoms with van der Waals surface area (Å²) in [6.07, 6.45) is 0.650. The van der Waals surface area contributed by atoms with E-state index in [-0.39, 0.29) is 31.4 Å². The summed E-state index contributed by atoms with van der Waals surface area (Å²) in [5, 5.41) is 23.5. The predicted molar refractivity (Wildman–Crippen MR) is 111 cm³/mol. The number of nitrogens with zero attached hydrogens (tertiary/aromatic N) is 1. The van der Waals surface area contributed by atoms with Crippen LogP contribution >= 0.6 is 0 Å². The zero-order valence-corrected chi connectivity index (χ0v) is 17.9. The van der Waals surface area contributed by atoms with Gasteiger partial charge >= 0.3 is 6.09 Å². The largest absolute Gasteiger partial charge is 0.465 e. The number of hydrogen-bond acceptors (Lipinski definition) is 5. The molecule has 176 valence electrons. The van der Waals surface area contributed by atoms with E-state index in [0.717, 1.165) is 0 Å². The van der Waals surface area contributed by atoms with Crippen molar-refractivity contribution in [2.75, 3.05) is 19.8 Å². The monoisotopic (exact) mass is 444 g/mol. The van der Waals surface area contributed by atoms with Gasteiger partial charge in [0.1, 0.15) is 18.8 Å². The van der Waals surface area contributed by atoms with E-state index in [1.165, 1.54) is 4.90 Å². The van der Waals surface area contributed by atoms with Gasteiger partial charge in [0.2, 0.25) is 11.8 Å². The molecule has 0 spiro atoms. The van der Waals surface area contributed by atoms with E-state index in [2.05, 4.69) is 16.0 Å². The van der Waals surface area contributed by atoms with E-state index in [0.29, 0.717) is 25.7 Å². The van der Waals surface area contributed by atoms with Crippen molar-refractivity contribution >= 4 is 29.7 Å². The van der Waals surface area contributed by atoms with E-state index >= 15 is 0 Å². The third-order valence-corrected chi connectivity index (χ3v) is 5.42. The fraction of sp³-hybridized carbons (Fsp3) is 0.737. The molecule has 0 aromatic heterocycles. The zero-order chi connectivity index (χ0) is 23.6. The highest BCUT2D eigenvalue weighted by Crippen LogP contribution is 2.22. The van der Waals surface area contributed by atoms with Gasteiger partial charge in [-0.3, -0.25) is 19.8 Å². The first-order chi connectivity index (χ1) is 14.6. The standard InChI is InChI=1S/C19H33FN6O5/c1-3-11(2)15(25-19(30)31)17(29)26-9-5-7-13(26)16(28)24-12(14(27)10-20)6-4-8-23-18(21)22/h11-13,15,25H,3-10H2,1-2H3,(H,24,28)(H,30,31)(H4,21,22,23)/t11-,12+,13+,15+/m1/s1. The number of rotatable bonds is 12. The second-order valence-electron chi connectivity index (χ2n) is 7.65. The van der Waals surface area contributed by atoms with Gasteiger partial charge in [0, 0.05) is 13.1 Å². The highest BCUT2D eigenvalue weighted by molar-refractivity contribution is 5.95. The van der Waals surface area contributed by atoms with Gasteiger partial charge in [0.15, 0.2) is 11.7 Å². The Morgan fingerprint density at radius 2 is 1.97 bits per heavy atom. The van der Waals surface area contributed by atoms with E-state index < -0.39 is 48.5 Å². The molecule has 1 aliphatic rings. The highest BCUT2D eigenvalue weighted by atomic mass is 19.1. The summed E-state index contributed by atoms with van der Waals surface area (Å²) in [5.41, 5.74) is 5.18. The number of carboxylic acid groups (broad SMARTS) is 1. The maximum absolute atomic E-state index is 13.0. The smallest absolute Gasteiger partial charge is 0.405 e. The number of carbonyl (C=O) groups is 4. The van der Waals surface area contributed by atoms with E-state index in [1.54, 1.807) is 6.92 Å². The van der Waals surface area contributed by atoms with E-state index in [9.17, 15) is 23.6 Å². The molecule has 0 aliphatic carbocycles. The van der Waals surface area contributed by atoms with Crippen LogP contribution in [0.15, 0.2) is 0 Å². The lowest BCUT2D eigenvalue weighted by Gasteiger charge is -2.31. The maximum Gasteiger partial charge on any atom is 0.405 e. The van der Waals surface area contributed by atoms with Crippen LogP contribution in [0.25, 0.3) is 0 Å². The zero-order valence-electron chi connectivity index (χ0n) is 17.9. The van der Waals surface area contributed by atoms with Crippen molar-refractivity contribution in [3.8, 4) is 0 Å². The highest BCUT2D eigenvalue weighted by Gasteiger charge is 2.40. The normalized spacial score (nSPS) is 18.5. The molecule has 31 heavy (non-hydrogen) atoms. The van der Waals surface area contributed by atoms with Gasteiger partial charge < -0.3 is 31.7 Å². The lowest BCUT2D eigenvalue weighted by molar-refractivity contribution is -0.141. The number of amides is 3. The first-order valence-electron chi connectivity index (χ1n) is 10.4. The first-order valence-corrected chi connectivity index (χ1v) is 10.4. The van der Waals surface area contributed by atoms with Gasteiger partial charge in [-0.15, -0.1) is 0 Å². The minimum atomic E-state index is -1.33. The van der Waals surface area contributed by atoms with E-state index in [4.69, 9.17) is 16.2 Å². The summed E-state index contributed by atoms with van der Waals surface area (Å²) < 4.78 is 13.0. The van der Waals surface area contributed by atoms with Crippen molar-refractivity contribution in [2.45, 2.75) is 64.1 Å². The Kier molecular flexibility index (Phi) is 10.7. The molecular formula is C19H33FN6O5. The van der Waals surface area contributed by atoms with Crippen molar-refractivity contribution in [3.63, 3.8) is 0 Å². The van der Waals surface area contributed by atoms with Gasteiger partial charge in [-0.2, -0.15) is 0 Å². The number of halogens is 1. The van der Waals surface area contributed by atoms with Gasteiger partial charge in [0.05, 0.1) is 6.04 Å². The predicted octanol–water partition coefficient (Wildman–Crippen LogP) is -0.0536. The molecule has 1 saturated heterocycles. The second kappa shape index (κ2) is 12.7. The number of hydrogen-bond donors (Lipinski definition) is 6. The molecule has 1 fully saturated rings. The molecular weight excluding hydrogens is 411 g/mol. The minimum Gasteiger partial charge on any atom is -0.465 e. The summed E-state index contributed by atoms with van der Waals surface area (Å²) in [4.78, 5) is 50.2. The maximum atomic E-state index is 13.0. The van der Waals surface area contributed by atoms with Crippen LogP contribution in [0.1, 0.15) is 46.0 Å². The van der Waals surface area contributed by atoms with Crippen LogP contribution in [-0.2, 0) is 14.4 Å². The van der Waals surface area contributed by atoms with Crippen molar-refractivity contribution in [3.05, 3.63) is 0 Å². The molecule has 11 nitrogen and oxygen atoms in total. The van der Waals surface area contributed by atoms with Gasteiger partial charge in [-0.05, 0) is 31.6 Å². The molecule has 1 aliphatic heterocycles. The Morgan fingerprint density at radius 3 is 2.52 bits per heavy atom. The molecule has 7 N–H and O–H groups in total. The Hall–Kier alpha value is -2.92. The topological polar surface area (TPSA) is 178 Å². The number of Topliss-reactive ketones (excluding diaryl/α,β-unsaturated/α-hetero) is 1. The minimum absolute atomic E-state index is 0.144. The van der Waals surface area contributed by atoms with Crippen LogP contribution in [0.3, 0.4) is 0 Å². The summed E-state index contributed by atoms with van der Waals surface area (Å²) >= 11 is 0. The Bertz CT molecular complexity index is 676. The number of ketones is 1. The quantitative estimate of drug-likeness (QED) is 0.139. The van der Waals surface area contributed by atoms with Gasteiger partial charge in [-0.1, -0.05) is 20.3 Å². The third-order valence-electron chi connectivity index (χ3n) is 5.42. The molecule has 0 aromatic carbocycles. The molecule has 12 heteroatoms. The van der Waals surface area contributed by atoms with E-state index in [1.807, 2.05) is 6.92 Å². The Balaban J connectivity index is 2.85. The summed E-state index contributed by atoms with van der Waals surface area (Å²) in [7, 11) is 0. The number of likely N-dealkylation sites (tertiary alicyclic amines) is 1. The molecule has 3 amide bonds. The van der Waals surface area contributed by atoms with Crippen LogP contribution in [0.4, 0.5) is 9.18 Å². The van der Waals surface area contributed by atoms with Gasteiger partial charge in [0.25, 0.3) is 0 Å². The lowest BCUT2D eigenvalue weighted by Crippen LogP contribution is -2.56. The Labute approximate surface area is 180 Å². The fourth-order valence-electron chi connectivity index (χ4n) is 3.50. The Morgan fingerprint density at radius 1 is 1.29 bits per heavy atom. The number of nitrogens with two attached hydrogens (primary N) is 1. The van der Waals surface area contributed by atoms with Crippen molar-refractivity contribution in [1.29, 1.82) is 5.41 Å². The second-order valence-corrected chi connectivity index (χ2v) is 7.65. The van der Waals surface area contributed by atoms with Crippen LogP contribution in [0.2, 0.25) is 0 Å². The first kappa shape index (κ1) is 26.1. The van der Waals surface area contributed by atoms with Crippen LogP contribution in [0, 0.1) is 11.3 Å². The average molecular weight is 445 g/mol. The third kappa shape index (κ3) is 8.02. The molecule has 4 atom stereocenters. The summed E-state index contributed by atoms with van der Waals surface area (Å²) in [6.45, 7) is 2.91. The van der Waals surface area contributed by atoms with Gasteiger partial charge in [-0.25, -0.2) is 9.18 Å². The summed E-state index contributed by atoms with van der Waals surface area (Å²) in [5.74, 6) is -2.35. The average Bonchev–Trinajstić information content (AvgIpc) is 3.22. The van der Waals surface area contributed by atoms with Crippen LogP contribution in [-0.4, -0.2) is 77.5 Å². The number of alkyl halides is 1. The lowest BCUT2D eigenvalue weighted by atomic mass is 9.97. The molecule has 0 bridgehead atoms.